The Morgan fingerprint density at radius 1 is 1.07 bits per heavy atom. The molecule has 0 spiro atoms. The number of halogens is 6. The van der Waals surface area contributed by atoms with Crippen LogP contribution in [0.2, 0.25) is 10.0 Å². The van der Waals surface area contributed by atoms with Crippen LogP contribution in [-0.4, -0.2) is 18.6 Å². The molecule has 29 heavy (non-hydrogen) atoms. The number of benzene rings is 2. The molecule has 2 aliphatic rings. The number of hydrogen-bond donors (Lipinski definition) is 1. The molecule has 0 saturated carbocycles. The molecule has 2 aromatic carbocycles. The maximum atomic E-state index is 14.1. The quantitative estimate of drug-likeness (QED) is 0.501. The molecule has 1 atom stereocenters. The molecule has 0 radical (unpaired) electrons. The summed E-state index contributed by atoms with van der Waals surface area (Å²) >= 11 is 11.4. The van der Waals surface area contributed by atoms with Gasteiger partial charge in [0.15, 0.2) is 5.82 Å². The van der Waals surface area contributed by atoms with Gasteiger partial charge in [-0.2, -0.15) is 13.2 Å². The van der Waals surface area contributed by atoms with Gasteiger partial charge in [0, 0.05) is 18.5 Å². The minimum Gasteiger partial charge on any atom is -0.374 e. The Labute approximate surface area is 173 Å². The Hall–Kier alpha value is -1.87. The van der Waals surface area contributed by atoms with Crippen molar-refractivity contribution in [2.45, 2.75) is 31.3 Å². The van der Waals surface area contributed by atoms with E-state index in [0.29, 0.717) is 25.4 Å². The van der Waals surface area contributed by atoms with Crippen LogP contribution in [-0.2, 0) is 28.3 Å². The lowest BCUT2D eigenvalue weighted by Crippen LogP contribution is -2.42. The highest BCUT2D eigenvalue weighted by Gasteiger charge is 2.62. The zero-order chi connectivity index (χ0) is 20.8. The van der Waals surface area contributed by atoms with E-state index in [1.165, 1.54) is 0 Å². The van der Waals surface area contributed by atoms with Gasteiger partial charge in [-0.3, -0.25) is 5.32 Å². The second-order valence-electron chi connectivity index (χ2n) is 6.79. The van der Waals surface area contributed by atoms with E-state index in [1.807, 2.05) is 6.07 Å². The molecule has 154 valence electrons. The minimum atomic E-state index is -4.85. The zero-order valence-electron chi connectivity index (χ0n) is 14.7. The number of alkyl halides is 3. The van der Waals surface area contributed by atoms with E-state index in [0.717, 1.165) is 23.3 Å². The molecule has 4 nitrogen and oxygen atoms in total. The number of oxime groups is 1. The van der Waals surface area contributed by atoms with E-state index < -0.39 is 39.6 Å². The third-order valence-electron chi connectivity index (χ3n) is 4.95. The largest absolute Gasteiger partial charge is 0.435 e. The number of ether oxygens (including phenoxy) is 1. The van der Waals surface area contributed by atoms with Gasteiger partial charge in [0.2, 0.25) is 0 Å². The highest BCUT2D eigenvalue weighted by atomic mass is 35.5. The molecular formula is C19H14Cl2F4N2O2. The molecule has 0 aromatic heterocycles. The number of rotatable bonds is 2. The molecule has 1 N–H and O–H groups in total. The van der Waals surface area contributed by atoms with Gasteiger partial charge in [-0.05, 0) is 34.9 Å². The number of hydrogen-bond acceptors (Lipinski definition) is 4. The van der Waals surface area contributed by atoms with Crippen molar-refractivity contribution in [3.05, 3.63) is 68.4 Å². The molecule has 0 amide bonds. The van der Waals surface area contributed by atoms with Crippen molar-refractivity contribution in [1.82, 2.24) is 5.32 Å². The molecule has 0 saturated heterocycles. The minimum absolute atomic E-state index is 0.110. The van der Waals surface area contributed by atoms with E-state index in [2.05, 4.69) is 10.5 Å². The first-order valence-corrected chi connectivity index (χ1v) is 9.34. The normalized spacial score (nSPS) is 21.9. The third kappa shape index (κ3) is 3.59. The standard InChI is InChI=1S/C19H14Cl2F4N2O2/c20-14-4-13(5-15(21)17(14)22)18(19(23,24)25)6-16(27-29-18)10-1-2-11-7-26-9-28-8-12(11)3-10/h1-5,26H,6-9H2. The van der Waals surface area contributed by atoms with E-state index in [9.17, 15) is 17.6 Å². The SMILES string of the molecule is Fc1c(Cl)cc(C2(C(F)(F)F)CC(c3ccc4c(c3)COCNC4)=NO2)cc1Cl. The van der Waals surface area contributed by atoms with Crippen molar-refractivity contribution in [1.29, 1.82) is 0 Å². The van der Waals surface area contributed by atoms with Crippen molar-refractivity contribution >= 4 is 28.9 Å². The Bertz CT molecular complexity index is 974. The van der Waals surface area contributed by atoms with Gasteiger partial charge in [-0.15, -0.1) is 0 Å². The average Bonchev–Trinajstić information content (AvgIpc) is 3.00. The fourth-order valence-electron chi connectivity index (χ4n) is 3.38. The predicted molar refractivity (Wildman–Crippen MR) is 99.3 cm³/mol. The van der Waals surface area contributed by atoms with Crippen molar-refractivity contribution in [3.63, 3.8) is 0 Å². The fourth-order valence-corrected chi connectivity index (χ4v) is 3.87. The summed E-state index contributed by atoms with van der Waals surface area (Å²) in [5, 5.41) is 5.75. The van der Waals surface area contributed by atoms with Gasteiger partial charge in [0.25, 0.3) is 5.60 Å². The van der Waals surface area contributed by atoms with Crippen LogP contribution < -0.4 is 5.32 Å². The maximum Gasteiger partial charge on any atom is 0.435 e. The van der Waals surface area contributed by atoms with Gasteiger partial charge >= 0.3 is 6.18 Å². The highest BCUT2D eigenvalue weighted by Crippen LogP contribution is 2.50. The van der Waals surface area contributed by atoms with E-state index in [-0.39, 0.29) is 5.71 Å². The molecule has 2 aliphatic heterocycles. The van der Waals surface area contributed by atoms with Crippen LogP contribution >= 0.6 is 23.2 Å². The van der Waals surface area contributed by atoms with Crippen LogP contribution in [0.25, 0.3) is 0 Å². The number of nitrogens with zero attached hydrogens (tertiary/aromatic N) is 1. The summed E-state index contributed by atoms with van der Waals surface area (Å²) in [6.45, 7) is 1.31. The number of fused-ring (bicyclic) bond motifs is 1. The summed E-state index contributed by atoms with van der Waals surface area (Å²) in [4.78, 5) is 4.96. The van der Waals surface area contributed by atoms with Gasteiger partial charge in [0.05, 0.1) is 29.1 Å². The summed E-state index contributed by atoms with van der Waals surface area (Å²) in [6, 6.07) is 6.97. The Kier molecular flexibility index (Phi) is 5.23. The third-order valence-corrected chi connectivity index (χ3v) is 5.50. The summed E-state index contributed by atoms with van der Waals surface area (Å²) in [7, 11) is 0. The van der Waals surface area contributed by atoms with Crippen molar-refractivity contribution in [2.75, 3.05) is 6.73 Å². The smallest absolute Gasteiger partial charge is 0.374 e. The summed E-state index contributed by atoms with van der Waals surface area (Å²) in [5.74, 6) is -0.993. The van der Waals surface area contributed by atoms with Crippen LogP contribution in [0, 0.1) is 5.82 Å². The fraction of sp³-hybridized carbons (Fsp3) is 0.316. The number of nitrogens with one attached hydrogen (secondary N) is 1. The first-order chi connectivity index (χ1) is 13.7. The van der Waals surface area contributed by atoms with E-state index >= 15 is 0 Å². The monoisotopic (exact) mass is 448 g/mol. The van der Waals surface area contributed by atoms with Crippen molar-refractivity contribution in [3.8, 4) is 0 Å². The summed E-state index contributed by atoms with van der Waals surface area (Å²) < 4.78 is 61.4. The van der Waals surface area contributed by atoms with Crippen LogP contribution in [0.1, 0.15) is 28.7 Å². The first-order valence-electron chi connectivity index (χ1n) is 8.59. The molecule has 4 rings (SSSR count). The molecule has 2 heterocycles. The van der Waals surface area contributed by atoms with Crippen LogP contribution in [0.5, 0.6) is 0 Å². The zero-order valence-corrected chi connectivity index (χ0v) is 16.3. The average molecular weight is 449 g/mol. The summed E-state index contributed by atoms with van der Waals surface area (Å²) in [5.41, 5.74) is -0.785. The van der Waals surface area contributed by atoms with Gasteiger partial charge in [-0.25, -0.2) is 4.39 Å². The summed E-state index contributed by atoms with van der Waals surface area (Å²) in [6.07, 6.45) is -5.45. The molecule has 0 bridgehead atoms. The second kappa shape index (κ2) is 7.43. The molecule has 2 aromatic rings. The Morgan fingerprint density at radius 2 is 1.79 bits per heavy atom. The lowest BCUT2D eigenvalue weighted by atomic mass is 9.86. The predicted octanol–water partition coefficient (Wildman–Crippen LogP) is 5.29. The van der Waals surface area contributed by atoms with Crippen molar-refractivity contribution < 1.29 is 27.1 Å². The van der Waals surface area contributed by atoms with Gasteiger partial charge < -0.3 is 9.57 Å². The lowest BCUT2D eigenvalue weighted by Gasteiger charge is -2.29. The lowest BCUT2D eigenvalue weighted by molar-refractivity contribution is -0.275. The van der Waals surface area contributed by atoms with Crippen LogP contribution in [0.15, 0.2) is 35.5 Å². The molecular weight excluding hydrogens is 435 g/mol. The molecule has 10 heteroatoms. The Morgan fingerprint density at radius 3 is 2.48 bits per heavy atom. The second-order valence-corrected chi connectivity index (χ2v) is 7.60. The van der Waals surface area contributed by atoms with E-state index in [4.69, 9.17) is 32.8 Å². The van der Waals surface area contributed by atoms with Gasteiger partial charge in [-0.1, -0.05) is 40.5 Å². The topological polar surface area (TPSA) is 42.8 Å². The van der Waals surface area contributed by atoms with Crippen molar-refractivity contribution in [2.24, 2.45) is 5.16 Å². The highest BCUT2D eigenvalue weighted by molar-refractivity contribution is 6.35. The van der Waals surface area contributed by atoms with Crippen LogP contribution in [0.3, 0.4) is 0 Å². The molecule has 0 fully saturated rings. The van der Waals surface area contributed by atoms with E-state index in [1.54, 1.807) is 12.1 Å². The molecule has 0 aliphatic carbocycles. The molecule has 1 unspecified atom stereocenters. The Balaban J connectivity index is 1.72. The van der Waals surface area contributed by atoms with Gasteiger partial charge in [0.1, 0.15) is 0 Å². The van der Waals surface area contributed by atoms with Crippen LogP contribution in [0.4, 0.5) is 17.6 Å². The first kappa shape index (κ1) is 20.4. The maximum absolute atomic E-state index is 14.1.